The van der Waals surface area contributed by atoms with Crippen molar-refractivity contribution in [3.05, 3.63) is 22.4 Å². The number of rotatable bonds is 3. The molecule has 1 aromatic heterocycles. The van der Waals surface area contributed by atoms with Gasteiger partial charge in [-0.05, 0) is 24.3 Å². The molecule has 0 unspecified atom stereocenters. The minimum Gasteiger partial charge on any atom is -0.351 e. The van der Waals surface area contributed by atoms with E-state index in [-0.39, 0.29) is 11.8 Å². The van der Waals surface area contributed by atoms with Crippen LogP contribution in [0, 0.1) is 5.92 Å². The largest absolute Gasteiger partial charge is 0.351 e. The van der Waals surface area contributed by atoms with Crippen LogP contribution in [0.1, 0.15) is 17.7 Å². The summed E-state index contributed by atoms with van der Waals surface area (Å²) < 4.78 is 0. The van der Waals surface area contributed by atoms with Crippen molar-refractivity contribution >= 4 is 23.3 Å². The zero-order valence-corrected chi connectivity index (χ0v) is 14.1. The normalized spacial score (nSPS) is 23.0. The van der Waals surface area contributed by atoms with Crippen molar-refractivity contribution in [2.75, 3.05) is 39.3 Å². The second-order valence-electron chi connectivity index (χ2n) is 6.30. The zero-order chi connectivity index (χ0) is 16.2. The number of thiophene rings is 1. The third-order valence-corrected chi connectivity index (χ3v) is 5.59. The van der Waals surface area contributed by atoms with Crippen molar-refractivity contribution in [1.29, 1.82) is 0 Å². The molecule has 2 aliphatic rings. The highest BCUT2D eigenvalue weighted by molar-refractivity contribution is 7.09. The van der Waals surface area contributed by atoms with E-state index < -0.39 is 6.03 Å². The Morgan fingerprint density at radius 3 is 2.61 bits per heavy atom. The predicted molar refractivity (Wildman–Crippen MR) is 90.1 cm³/mol. The van der Waals surface area contributed by atoms with Crippen LogP contribution in [0.4, 0.5) is 4.79 Å². The summed E-state index contributed by atoms with van der Waals surface area (Å²) in [6, 6.07) is 3.82. The summed E-state index contributed by atoms with van der Waals surface area (Å²) in [5, 5.41) is 2.10. The molecule has 0 aliphatic carbocycles. The molecule has 1 atom stereocenters. The lowest BCUT2D eigenvalue weighted by Gasteiger charge is -2.38. The highest BCUT2D eigenvalue weighted by Gasteiger charge is 2.31. The molecule has 0 radical (unpaired) electrons. The van der Waals surface area contributed by atoms with E-state index in [1.165, 1.54) is 4.88 Å². The molecule has 2 fully saturated rings. The van der Waals surface area contributed by atoms with Gasteiger partial charge in [0.05, 0.1) is 5.92 Å². The minimum atomic E-state index is -0.414. The van der Waals surface area contributed by atoms with E-state index in [1.54, 1.807) is 16.2 Å². The Kier molecular flexibility index (Phi) is 5.17. The maximum Gasteiger partial charge on any atom is 0.314 e. The van der Waals surface area contributed by atoms with E-state index in [0.717, 1.165) is 45.6 Å². The fourth-order valence-corrected chi connectivity index (χ4v) is 4.13. The number of hydrogen-bond acceptors (Lipinski definition) is 4. The van der Waals surface area contributed by atoms with Crippen LogP contribution in [0.3, 0.4) is 0 Å². The molecule has 1 aromatic rings. The summed E-state index contributed by atoms with van der Waals surface area (Å²) in [6.45, 7) is 5.50. The number of carbonyl (C=O) groups is 2. The molecule has 3 heterocycles. The molecule has 7 heteroatoms. The van der Waals surface area contributed by atoms with Crippen molar-refractivity contribution in [2.24, 2.45) is 11.7 Å². The number of urea groups is 1. The number of amides is 3. The van der Waals surface area contributed by atoms with E-state index in [0.29, 0.717) is 13.1 Å². The third kappa shape index (κ3) is 4.03. The summed E-state index contributed by atoms with van der Waals surface area (Å²) in [6.07, 6.45) is 1.72. The van der Waals surface area contributed by atoms with Crippen molar-refractivity contribution in [2.45, 2.75) is 19.4 Å². The number of piperidine rings is 1. The lowest BCUT2D eigenvalue weighted by molar-refractivity contribution is -0.138. The van der Waals surface area contributed by atoms with Gasteiger partial charge in [-0.15, -0.1) is 11.3 Å². The Labute approximate surface area is 140 Å². The van der Waals surface area contributed by atoms with Gasteiger partial charge in [-0.25, -0.2) is 4.79 Å². The van der Waals surface area contributed by atoms with Gasteiger partial charge in [-0.1, -0.05) is 6.07 Å². The summed E-state index contributed by atoms with van der Waals surface area (Å²) in [7, 11) is 0. The fraction of sp³-hybridized carbons (Fsp3) is 0.625. The van der Waals surface area contributed by atoms with E-state index in [1.807, 2.05) is 4.90 Å². The summed E-state index contributed by atoms with van der Waals surface area (Å²) >= 11 is 1.78. The Bertz CT molecular complexity index is 540. The van der Waals surface area contributed by atoms with Crippen molar-refractivity contribution < 1.29 is 9.59 Å². The van der Waals surface area contributed by atoms with Crippen LogP contribution in [0.2, 0.25) is 0 Å². The molecule has 2 aliphatic heterocycles. The van der Waals surface area contributed by atoms with Gasteiger partial charge in [0.15, 0.2) is 0 Å². The number of nitrogens with two attached hydrogens (primary N) is 1. The third-order valence-electron chi connectivity index (χ3n) is 4.73. The maximum atomic E-state index is 12.7. The average molecular weight is 336 g/mol. The number of primary amides is 1. The molecule has 0 spiro atoms. The summed E-state index contributed by atoms with van der Waals surface area (Å²) in [5.74, 6) is 0.104. The molecule has 126 valence electrons. The Hall–Kier alpha value is -1.60. The molecule has 0 bridgehead atoms. The van der Waals surface area contributed by atoms with Gasteiger partial charge >= 0.3 is 6.03 Å². The maximum absolute atomic E-state index is 12.7. The average Bonchev–Trinajstić information content (AvgIpc) is 3.08. The van der Waals surface area contributed by atoms with E-state index in [4.69, 9.17) is 5.73 Å². The number of carbonyl (C=O) groups excluding carboxylic acids is 2. The van der Waals surface area contributed by atoms with Crippen LogP contribution in [0.25, 0.3) is 0 Å². The van der Waals surface area contributed by atoms with Crippen molar-refractivity contribution in [3.63, 3.8) is 0 Å². The first-order valence-corrected chi connectivity index (χ1v) is 9.09. The first-order chi connectivity index (χ1) is 11.1. The topological polar surface area (TPSA) is 69.9 Å². The molecule has 3 rings (SSSR count). The molecule has 2 saturated heterocycles. The van der Waals surface area contributed by atoms with E-state index >= 15 is 0 Å². The van der Waals surface area contributed by atoms with Gasteiger partial charge in [0.1, 0.15) is 0 Å². The van der Waals surface area contributed by atoms with Crippen LogP contribution >= 0.6 is 11.3 Å². The second kappa shape index (κ2) is 7.31. The predicted octanol–water partition coefficient (Wildman–Crippen LogP) is 1.18. The van der Waals surface area contributed by atoms with Crippen molar-refractivity contribution in [3.8, 4) is 0 Å². The van der Waals surface area contributed by atoms with Gasteiger partial charge in [0.2, 0.25) is 5.91 Å². The van der Waals surface area contributed by atoms with Gasteiger partial charge in [-0.3, -0.25) is 9.69 Å². The first kappa shape index (κ1) is 16.3. The summed E-state index contributed by atoms with van der Waals surface area (Å²) in [4.78, 5) is 31.3. The quantitative estimate of drug-likeness (QED) is 0.901. The van der Waals surface area contributed by atoms with Crippen LogP contribution in [0.5, 0.6) is 0 Å². The molecular formula is C16H24N4O2S. The molecule has 0 saturated carbocycles. The van der Waals surface area contributed by atoms with E-state index in [9.17, 15) is 9.59 Å². The second-order valence-corrected chi connectivity index (χ2v) is 7.34. The minimum absolute atomic E-state index is 0.0832. The van der Waals surface area contributed by atoms with Crippen LogP contribution in [-0.2, 0) is 11.3 Å². The number of hydrogen-bond donors (Lipinski definition) is 1. The Morgan fingerprint density at radius 1 is 1.17 bits per heavy atom. The number of nitrogens with zero attached hydrogens (tertiary/aromatic N) is 3. The molecule has 0 aromatic carbocycles. The first-order valence-electron chi connectivity index (χ1n) is 8.21. The Balaban J connectivity index is 1.49. The SMILES string of the molecule is NC(=O)N1CCC[C@@H](C(=O)N2CCN(Cc3cccs3)CC2)C1. The standard InChI is InChI=1S/C16H24N4O2S/c17-16(22)20-5-1-3-13(11-20)15(21)19-8-6-18(7-9-19)12-14-4-2-10-23-14/h2,4,10,13H,1,3,5-9,11-12H2,(H2,17,22)/t13-/m1/s1. The monoisotopic (exact) mass is 336 g/mol. The van der Waals surface area contributed by atoms with Gasteiger partial charge in [0, 0.05) is 50.7 Å². The lowest BCUT2D eigenvalue weighted by Crippen LogP contribution is -2.53. The van der Waals surface area contributed by atoms with Gasteiger partial charge < -0.3 is 15.5 Å². The van der Waals surface area contributed by atoms with Crippen LogP contribution in [0.15, 0.2) is 17.5 Å². The van der Waals surface area contributed by atoms with E-state index in [2.05, 4.69) is 22.4 Å². The van der Waals surface area contributed by atoms with Gasteiger partial charge in [0.25, 0.3) is 0 Å². The van der Waals surface area contributed by atoms with Crippen LogP contribution < -0.4 is 5.73 Å². The lowest BCUT2D eigenvalue weighted by atomic mass is 9.96. The highest BCUT2D eigenvalue weighted by atomic mass is 32.1. The van der Waals surface area contributed by atoms with Crippen molar-refractivity contribution in [1.82, 2.24) is 14.7 Å². The Morgan fingerprint density at radius 2 is 1.96 bits per heavy atom. The number of piperazine rings is 1. The van der Waals surface area contributed by atoms with Gasteiger partial charge in [-0.2, -0.15) is 0 Å². The number of likely N-dealkylation sites (tertiary alicyclic amines) is 1. The highest BCUT2D eigenvalue weighted by Crippen LogP contribution is 2.20. The molecular weight excluding hydrogens is 312 g/mol. The summed E-state index contributed by atoms with van der Waals surface area (Å²) in [5.41, 5.74) is 5.35. The molecule has 3 amide bonds. The zero-order valence-electron chi connectivity index (χ0n) is 13.3. The molecule has 23 heavy (non-hydrogen) atoms. The smallest absolute Gasteiger partial charge is 0.314 e. The molecule has 2 N–H and O–H groups in total. The van der Waals surface area contributed by atoms with Crippen LogP contribution in [-0.4, -0.2) is 65.9 Å². The molecule has 6 nitrogen and oxygen atoms in total. The fourth-order valence-electron chi connectivity index (χ4n) is 3.39.